The van der Waals surface area contributed by atoms with Gasteiger partial charge in [-0.25, -0.2) is 0 Å². The smallest absolute Gasteiger partial charge is 0.288 e. The van der Waals surface area contributed by atoms with Gasteiger partial charge in [0.25, 0.3) is 10.0 Å². The molecule has 2 heterocycles. The molecule has 0 atom stereocenters. The van der Waals surface area contributed by atoms with E-state index in [-0.39, 0.29) is 15.9 Å². The number of piperazine rings is 1. The van der Waals surface area contributed by atoms with Crippen molar-refractivity contribution in [2.45, 2.75) is 4.90 Å². The SMILES string of the molecule is CN1CCN(/C(N)=N/S(=O)(=O)c2cnccc2Cl)CC1. The van der Waals surface area contributed by atoms with Crippen LogP contribution in [-0.4, -0.2) is 62.4 Å². The summed E-state index contributed by atoms with van der Waals surface area (Å²) in [6.45, 7) is 2.90. The molecule has 9 heteroatoms. The number of guanidine groups is 1. The predicted molar refractivity (Wildman–Crippen MR) is 77.1 cm³/mol. The summed E-state index contributed by atoms with van der Waals surface area (Å²) in [6, 6.07) is 1.40. The van der Waals surface area contributed by atoms with Crippen molar-refractivity contribution < 1.29 is 8.42 Å². The summed E-state index contributed by atoms with van der Waals surface area (Å²) in [6.07, 6.45) is 2.58. The summed E-state index contributed by atoms with van der Waals surface area (Å²) in [5.74, 6) is -0.0157. The normalized spacial score (nSPS) is 18.3. The molecule has 1 aromatic rings. The highest BCUT2D eigenvalue weighted by atomic mass is 35.5. The zero-order chi connectivity index (χ0) is 14.8. The standard InChI is InChI=1S/C11H16ClN5O2S/c1-16-4-6-17(7-5-16)11(13)15-20(18,19)10-8-14-3-2-9(10)12/h2-3,8H,4-7H2,1H3,(H2,13,15). The quantitative estimate of drug-likeness (QED) is 0.609. The number of sulfonamides is 1. The van der Waals surface area contributed by atoms with E-state index in [0.717, 1.165) is 13.1 Å². The van der Waals surface area contributed by atoms with E-state index in [9.17, 15) is 8.42 Å². The number of rotatable bonds is 2. The molecule has 1 saturated heterocycles. The monoisotopic (exact) mass is 317 g/mol. The summed E-state index contributed by atoms with van der Waals surface area (Å²) >= 11 is 5.85. The zero-order valence-electron chi connectivity index (χ0n) is 11.0. The van der Waals surface area contributed by atoms with Crippen molar-refractivity contribution in [2.75, 3.05) is 33.2 Å². The molecule has 2 N–H and O–H groups in total. The van der Waals surface area contributed by atoms with E-state index in [2.05, 4.69) is 14.3 Å². The first kappa shape index (κ1) is 15.0. The number of aromatic nitrogens is 1. The van der Waals surface area contributed by atoms with Gasteiger partial charge < -0.3 is 15.5 Å². The van der Waals surface area contributed by atoms with Gasteiger partial charge in [0.1, 0.15) is 4.90 Å². The Morgan fingerprint density at radius 3 is 2.65 bits per heavy atom. The summed E-state index contributed by atoms with van der Waals surface area (Å²) in [5.41, 5.74) is 5.78. The summed E-state index contributed by atoms with van der Waals surface area (Å²) in [5, 5.41) is 0.0786. The van der Waals surface area contributed by atoms with E-state index in [0.29, 0.717) is 13.1 Å². The van der Waals surface area contributed by atoms with Crippen molar-refractivity contribution in [3.8, 4) is 0 Å². The molecule has 0 bridgehead atoms. The molecule has 1 aliphatic rings. The van der Waals surface area contributed by atoms with E-state index >= 15 is 0 Å². The van der Waals surface area contributed by atoms with Crippen LogP contribution in [-0.2, 0) is 10.0 Å². The first-order valence-corrected chi connectivity index (χ1v) is 7.85. The maximum absolute atomic E-state index is 12.1. The van der Waals surface area contributed by atoms with Crippen molar-refractivity contribution in [1.29, 1.82) is 0 Å². The van der Waals surface area contributed by atoms with E-state index in [1.807, 2.05) is 7.05 Å². The molecule has 1 fully saturated rings. The number of likely N-dealkylation sites (N-methyl/N-ethyl adjacent to an activating group) is 1. The number of hydrogen-bond donors (Lipinski definition) is 1. The lowest BCUT2D eigenvalue weighted by molar-refractivity contribution is 0.214. The van der Waals surface area contributed by atoms with Crippen LogP contribution in [0.2, 0.25) is 5.02 Å². The third kappa shape index (κ3) is 3.38. The van der Waals surface area contributed by atoms with Gasteiger partial charge in [-0.05, 0) is 13.1 Å². The summed E-state index contributed by atoms with van der Waals surface area (Å²) in [4.78, 5) is 7.48. The minimum atomic E-state index is -3.94. The third-order valence-corrected chi connectivity index (χ3v) is 4.80. The minimum Gasteiger partial charge on any atom is -0.369 e. The van der Waals surface area contributed by atoms with Crippen LogP contribution in [0, 0.1) is 0 Å². The van der Waals surface area contributed by atoms with Crippen LogP contribution in [0.5, 0.6) is 0 Å². The first-order valence-electron chi connectivity index (χ1n) is 6.03. The third-order valence-electron chi connectivity index (χ3n) is 3.05. The Labute approximate surface area is 123 Å². The second-order valence-corrected chi connectivity index (χ2v) is 6.50. The molecule has 0 amide bonds. The van der Waals surface area contributed by atoms with Crippen LogP contribution in [0.3, 0.4) is 0 Å². The minimum absolute atomic E-state index is 0.0157. The molecule has 1 aromatic heterocycles. The molecule has 1 aliphatic heterocycles. The van der Waals surface area contributed by atoms with Crippen LogP contribution in [0.15, 0.2) is 27.8 Å². The van der Waals surface area contributed by atoms with Gasteiger partial charge in [0, 0.05) is 38.6 Å². The molecular formula is C11H16ClN5O2S. The van der Waals surface area contributed by atoms with Crippen LogP contribution < -0.4 is 5.73 Å². The predicted octanol–water partition coefficient (Wildman–Crippen LogP) is -0.0142. The van der Waals surface area contributed by atoms with Crippen LogP contribution in [0.4, 0.5) is 0 Å². The lowest BCUT2D eigenvalue weighted by Crippen LogP contribution is -2.50. The van der Waals surface area contributed by atoms with Gasteiger partial charge in [-0.1, -0.05) is 11.6 Å². The molecule has 110 valence electrons. The van der Waals surface area contributed by atoms with Crippen molar-refractivity contribution in [3.05, 3.63) is 23.5 Å². The molecule has 20 heavy (non-hydrogen) atoms. The highest BCUT2D eigenvalue weighted by Gasteiger charge is 2.21. The molecule has 0 radical (unpaired) electrons. The van der Waals surface area contributed by atoms with Crippen molar-refractivity contribution in [3.63, 3.8) is 0 Å². The van der Waals surface area contributed by atoms with Gasteiger partial charge in [-0.3, -0.25) is 4.98 Å². The lowest BCUT2D eigenvalue weighted by atomic mass is 10.3. The highest BCUT2D eigenvalue weighted by Crippen LogP contribution is 2.21. The Balaban J connectivity index is 2.23. The van der Waals surface area contributed by atoms with E-state index in [1.165, 1.54) is 18.5 Å². The average molecular weight is 318 g/mol. The van der Waals surface area contributed by atoms with Gasteiger partial charge in [-0.15, -0.1) is 4.40 Å². The fourth-order valence-electron chi connectivity index (χ4n) is 1.82. The van der Waals surface area contributed by atoms with Crippen LogP contribution in [0.25, 0.3) is 0 Å². The number of halogens is 1. The Morgan fingerprint density at radius 1 is 1.40 bits per heavy atom. The highest BCUT2D eigenvalue weighted by molar-refractivity contribution is 7.90. The number of hydrogen-bond acceptors (Lipinski definition) is 4. The van der Waals surface area contributed by atoms with Gasteiger partial charge in [-0.2, -0.15) is 8.42 Å². The molecule has 0 unspecified atom stereocenters. The molecule has 7 nitrogen and oxygen atoms in total. The van der Waals surface area contributed by atoms with Gasteiger partial charge >= 0.3 is 0 Å². The summed E-state index contributed by atoms with van der Waals surface area (Å²) in [7, 11) is -1.94. The van der Waals surface area contributed by atoms with Gasteiger partial charge in [0.2, 0.25) is 5.96 Å². The van der Waals surface area contributed by atoms with Crippen LogP contribution in [0.1, 0.15) is 0 Å². The number of nitrogens with two attached hydrogens (primary N) is 1. The second kappa shape index (κ2) is 5.94. The van der Waals surface area contributed by atoms with Gasteiger partial charge in [0.05, 0.1) is 5.02 Å². The molecular weight excluding hydrogens is 302 g/mol. The molecule has 2 rings (SSSR count). The Hall–Kier alpha value is -1.38. The van der Waals surface area contributed by atoms with E-state index in [4.69, 9.17) is 17.3 Å². The molecule has 0 aliphatic carbocycles. The maximum Gasteiger partial charge on any atom is 0.288 e. The van der Waals surface area contributed by atoms with Crippen LogP contribution >= 0.6 is 11.6 Å². The maximum atomic E-state index is 12.1. The van der Waals surface area contributed by atoms with Crippen molar-refractivity contribution >= 4 is 27.6 Å². The summed E-state index contributed by atoms with van der Waals surface area (Å²) < 4.78 is 27.9. The first-order chi connectivity index (χ1) is 9.40. The van der Waals surface area contributed by atoms with Crippen molar-refractivity contribution in [1.82, 2.24) is 14.8 Å². The van der Waals surface area contributed by atoms with E-state index < -0.39 is 10.0 Å². The Morgan fingerprint density at radius 2 is 2.05 bits per heavy atom. The second-order valence-electron chi connectivity index (χ2n) is 4.52. The topological polar surface area (TPSA) is 91.9 Å². The largest absolute Gasteiger partial charge is 0.369 e. The average Bonchev–Trinajstić information content (AvgIpc) is 2.39. The fourth-order valence-corrected chi connectivity index (χ4v) is 3.18. The molecule has 0 spiro atoms. The Bertz CT molecular complexity index is 611. The number of nitrogens with zero attached hydrogens (tertiary/aromatic N) is 4. The Kier molecular flexibility index (Phi) is 4.46. The fraction of sp³-hybridized carbons (Fsp3) is 0.455. The lowest BCUT2D eigenvalue weighted by Gasteiger charge is -2.32. The molecule has 0 aromatic carbocycles. The van der Waals surface area contributed by atoms with Gasteiger partial charge in [0.15, 0.2) is 0 Å². The van der Waals surface area contributed by atoms with E-state index in [1.54, 1.807) is 4.90 Å². The number of pyridine rings is 1. The van der Waals surface area contributed by atoms with Crippen molar-refractivity contribution in [2.24, 2.45) is 10.1 Å². The molecule has 0 saturated carbocycles. The zero-order valence-corrected chi connectivity index (χ0v) is 12.6.